The molecule has 0 amide bonds. The van der Waals surface area contributed by atoms with Crippen LogP contribution in [0.25, 0.3) is 22.3 Å². The molecule has 21 heavy (non-hydrogen) atoms. The average molecular weight is 283 g/mol. The van der Waals surface area contributed by atoms with E-state index in [2.05, 4.69) is 21.9 Å². The fraction of sp³-hybridized carbons (Fsp3) is 0.267. The summed E-state index contributed by atoms with van der Waals surface area (Å²) >= 11 is 0. The molecular formula is C15H17N5O. The van der Waals surface area contributed by atoms with Crippen LogP contribution in [0.15, 0.2) is 36.8 Å². The number of unbranched alkanes of at least 4 members (excludes halogenated alkanes) is 1. The molecule has 0 spiro atoms. The standard InChI is InChI=1S/C15H17N5O/c1-2-3-9-21-20-10-12(11-5-4-7-17-14(11)20)13-6-8-18-15(16)19-13/h4-8,10H,2-3,9H2,1H3,(H2,16,18,19). The number of anilines is 1. The largest absolute Gasteiger partial charge is 0.412 e. The Labute approximate surface area is 122 Å². The van der Waals surface area contributed by atoms with E-state index in [4.69, 9.17) is 10.6 Å². The number of nitrogen functional groups attached to an aromatic ring is 1. The molecule has 0 bridgehead atoms. The van der Waals surface area contributed by atoms with Gasteiger partial charge in [0.25, 0.3) is 0 Å². The van der Waals surface area contributed by atoms with Crippen LogP contribution in [0.2, 0.25) is 0 Å². The third kappa shape index (κ3) is 2.65. The zero-order valence-electron chi connectivity index (χ0n) is 11.9. The van der Waals surface area contributed by atoms with Crippen LogP contribution in [0.1, 0.15) is 19.8 Å². The number of aromatic nitrogens is 4. The Balaban J connectivity index is 2.06. The minimum absolute atomic E-state index is 0.254. The van der Waals surface area contributed by atoms with Crippen molar-refractivity contribution in [1.29, 1.82) is 0 Å². The van der Waals surface area contributed by atoms with E-state index < -0.39 is 0 Å². The molecule has 0 aliphatic rings. The first-order valence-electron chi connectivity index (χ1n) is 6.98. The zero-order valence-corrected chi connectivity index (χ0v) is 11.9. The van der Waals surface area contributed by atoms with Gasteiger partial charge in [0.1, 0.15) is 6.61 Å². The maximum Gasteiger partial charge on any atom is 0.220 e. The third-order valence-electron chi connectivity index (χ3n) is 3.21. The molecule has 0 aromatic carbocycles. The normalized spacial score (nSPS) is 10.9. The minimum Gasteiger partial charge on any atom is -0.412 e. The van der Waals surface area contributed by atoms with Crippen molar-refractivity contribution in [2.24, 2.45) is 0 Å². The van der Waals surface area contributed by atoms with Gasteiger partial charge in [0.15, 0.2) is 5.65 Å². The van der Waals surface area contributed by atoms with E-state index in [0.29, 0.717) is 6.61 Å². The van der Waals surface area contributed by atoms with Gasteiger partial charge >= 0.3 is 0 Å². The van der Waals surface area contributed by atoms with Gasteiger partial charge in [0.05, 0.1) is 11.9 Å². The van der Waals surface area contributed by atoms with Crippen molar-refractivity contribution in [2.45, 2.75) is 19.8 Å². The lowest BCUT2D eigenvalue weighted by molar-refractivity contribution is 0.116. The molecule has 3 rings (SSSR count). The number of nitrogens with two attached hydrogens (primary N) is 1. The van der Waals surface area contributed by atoms with Crippen molar-refractivity contribution in [3.05, 3.63) is 36.8 Å². The molecule has 108 valence electrons. The number of hydrogen-bond acceptors (Lipinski definition) is 5. The summed E-state index contributed by atoms with van der Waals surface area (Å²) in [5, 5.41) is 0.979. The van der Waals surface area contributed by atoms with Gasteiger partial charge in [0, 0.05) is 23.3 Å². The zero-order chi connectivity index (χ0) is 14.7. The Hall–Kier alpha value is -2.63. The van der Waals surface area contributed by atoms with Gasteiger partial charge in [-0.05, 0) is 24.6 Å². The van der Waals surface area contributed by atoms with Gasteiger partial charge < -0.3 is 10.6 Å². The van der Waals surface area contributed by atoms with E-state index in [1.807, 2.05) is 24.4 Å². The van der Waals surface area contributed by atoms with Crippen molar-refractivity contribution in [2.75, 3.05) is 12.3 Å². The molecule has 0 fully saturated rings. The van der Waals surface area contributed by atoms with Crippen LogP contribution in [0.4, 0.5) is 5.95 Å². The molecule has 0 unspecified atom stereocenters. The van der Waals surface area contributed by atoms with Gasteiger partial charge in [0.2, 0.25) is 5.95 Å². The molecule has 0 aliphatic heterocycles. The molecule has 0 aliphatic carbocycles. The Morgan fingerprint density at radius 3 is 2.95 bits per heavy atom. The second-order valence-electron chi connectivity index (χ2n) is 4.73. The lowest BCUT2D eigenvalue weighted by Crippen LogP contribution is -2.11. The van der Waals surface area contributed by atoms with E-state index in [-0.39, 0.29) is 5.95 Å². The van der Waals surface area contributed by atoms with Crippen LogP contribution >= 0.6 is 0 Å². The third-order valence-corrected chi connectivity index (χ3v) is 3.21. The highest BCUT2D eigenvalue weighted by molar-refractivity contribution is 5.92. The fourth-order valence-electron chi connectivity index (χ4n) is 2.16. The Kier molecular flexibility index (Phi) is 3.68. The number of pyridine rings is 1. The number of nitrogens with zero attached hydrogens (tertiary/aromatic N) is 4. The van der Waals surface area contributed by atoms with Gasteiger partial charge in [-0.25, -0.2) is 15.0 Å². The summed E-state index contributed by atoms with van der Waals surface area (Å²) in [7, 11) is 0. The van der Waals surface area contributed by atoms with E-state index in [1.165, 1.54) is 0 Å². The molecule has 0 radical (unpaired) electrons. The predicted octanol–water partition coefficient (Wildman–Crippen LogP) is 2.30. The van der Waals surface area contributed by atoms with Crippen LogP contribution < -0.4 is 10.6 Å². The maximum absolute atomic E-state index is 5.77. The highest BCUT2D eigenvalue weighted by Crippen LogP contribution is 2.27. The lowest BCUT2D eigenvalue weighted by atomic mass is 10.1. The number of rotatable bonds is 5. The van der Waals surface area contributed by atoms with Gasteiger partial charge in [-0.2, -0.15) is 4.73 Å². The van der Waals surface area contributed by atoms with E-state index in [0.717, 1.165) is 35.1 Å². The molecule has 3 aromatic heterocycles. The molecule has 2 N–H and O–H groups in total. The molecule has 6 heteroatoms. The van der Waals surface area contributed by atoms with Crippen molar-refractivity contribution < 1.29 is 4.84 Å². The van der Waals surface area contributed by atoms with E-state index in [1.54, 1.807) is 17.1 Å². The van der Waals surface area contributed by atoms with E-state index >= 15 is 0 Å². The SMILES string of the molecule is CCCCOn1cc(-c2ccnc(N)n2)c2cccnc21. The van der Waals surface area contributed by atoms with Crippen molar-refractivity contribution in [3.8, 4) is 11.3 Å². The summed E-state index contributed by atoms with van der Waals surface area (Å²) < 4.78 is 1.71. The molecular weight excluding hydrogens is 266 g/mol. The predicted molar refractivity (Wildman–Crippen MR) is 81.5 cm³/mol. The number of hydrogen-bond donors (Lipinski definition) is 1. The van der Waals surface area contributed by atoms with Gasteiger partial charge in [-0.3, -0.25) is 0 Å². The Morgan fingerprint density at radius 2 is 2.14 bits per heavy atom. The fourth-order valence-corrected chi connectivity index (χ4v) is 2.16. The van der Waals surface area contributed by atoms with Crippen LogP contribution in [0.3, 0.4) is 0 Å². The smallest absolute Gasteiger partial charge is 0.220 e. The molecule has 0 saturated heterocycles. The summed E-state index contributed by atoms with van der Waals surface area (Å²) in [6, 6.07) is 5.72. The summed E-state index contributed by atoms with van der Waals surface area (Å²) in [6.07, 6.45) is 7.38. The average Bonchev–Trinajstić information content (AvgIpc) is 2.87. The lowest BCUT2D eigenvalue weighted by Gasteiger charge is -2.05. The quantitative estimate of drug-likeness (QED) is 0.727. The van der Waals surface area contributed by atoms with Crippen molar-refractivity contribution in [1.82, 2.24) is 19.7 Å². The summed E-state index contributed by atoms with van der Waals surface area (Å²) in [6.45, 7) is 2.78. The molecule has 3 heterocycles. The summed E-state index contributed by atoms with van der Waals surface area (Å²) in [5.41, 5.74) is 8.14. The topological polar surface area (TPSA) is 78.9 Å². The first-order valence-corrected chi connectivity index (χ1v) is 6.98. The molecule has 6 nitrogen and oxygen atoms in total. The van der Waals surface area contributed by atoms with E-state index in [9.17, 15) is 0 Å². The molecule has 3 aromatic rings. The van der Waals surface area contributed by atoms with Crippen LogP contribution in [-0.4, -0.2) is 26.3 Å². The van der Waals surface area contributed by atoms with Crippen molar-refractivity contribution in [3.63, 3.8) is 0 Å². The summed E-state index contributed by atoms with van der Waals surface area (Å²) in [4.78, 5) is 18.4. The van der Waals surface area contributed by atoms with Crippen LogP contribution in [0.5, 0.6) is 0 Å². The number of fused-ring (bicyclic) bond motifs is 1. The maximum atomic E-state index is 5.77. The minimum atomic E-state index is 0.254. The first-order chi connectivity index (χ1) is 10.3. The summed E-state index contributed by atoms with van der Waals surface area (Å²) in [5.74, 6) is 0.254. The van der Waals surface area contributed by atoms with Gasteiger partial charge in [-0.15, -0.1) is 0 Å². The molecule has 0 atom stereocenters. The van der Waals surface area contributed by atoms with Crippen molar-refractivity contribution >= 4 is 17.0 Å². The monoisotopic (exact) mass is 283 g/mol. The highest BCUT2D eigenvalue weighted by atomic mass is 16.7. The van der Waals surface area contributed by atoms with Gasteiger partial charge in [-0.1, -0.05) is 13.3 Å². The Morgan fingerprint density at radius 1 is 1.24 bits per heavy atom. The Bertz CT molecular complexity index is 753. The van der Waals surface area contributed by atoms with Crippen LogP contribution in [0, 0.1) is 0 Å². The first kappa shape index (κ1) is 13.4. The second kappa shape index (κ2) is 5.78. The highest BCUT2D eigenvalue weighted by Gasteiger charge is 2.13. The van der Waals surface area contributed by atoms with Crippen LogP contribution in [-0.2, 0) is 0 Å². The molecule has 0 saturated carbocycles. The second-order valence-corrected chi connectivity index (χ2v) is 4.73.